The lowest BCUT2D eigenvalue weighted by Crippen LogP contribution is -2.46. The number of unbranched alkanes of at least 4 members (excludes halogenated alkanes) is 2. The highest BCUT2D eigenvalue weighted by molar-refractivity contribution is 5.46. The fourth-order valence-corrected chi connectivity index (χ4v) is 2.38. The number of hydrogen-bond donors (Lipinski definition) is 0. The van der Waals surface area contributed by atoms with Crippen LogP contribution in [0.15, 0.2) is 30.3 Å². The van der Waals surface area contributed by atoms with Gasteiger partial charge in [-0.25, -0.2) is 0 Å². The van der Waals surface area contributed by atoms with E-state index in [4.69, 9.17) is 0 Å². The van der Waals surface area contributed by atoms with Gasteiger partial charge in [-0.1, -0.05) is 38.0 Å². The van der Waals surface area contributed by atoms with E-state index in [1.54, 1.807) is 0 Å². The minimum absolute atomic E-state index is 1.07. The summed E-state index contributed by atoms with van der Waals surface area (Å²) >= 11 is 0. The zero-order valence-electron chi connectivity index (χ0n) is 10.6. The van der Waals surface area contributed by atoms with Crippen LogP contribution in [-0.2, 0) is 0 Å². The van der Waals surface area contributed by atoms with E-state index in [0.717, 1.165) is 19.5 Å². The van der Waals surface area contributed by atoms with E-state index < -0.39 is 0 Å². The SMILES string of the molecule is [CH2]CCCCN1CCN(c2ccccc2)CC1. The Morgan fingerprint density at radius 1 is 0.941 bits per heavy atom. The fraction of sp³-hybridized carbons (Fsp3) is 0.533. The first-order valence-corrected chi connectivity index (χ1v) is 6.72. The molecular weight excluding hydrogens is 208 g/mol. The summed E-state index contributed by atoms with van der Waals surface area (Å²) in [5.74, 6) is 0. The number of para-hydroxylation sites is 1. The molecule has 1 aromatic carbocycles. The van der Waals surface area contributed by atoms with Gasteiger partial charge in [0.05, 0.1) is 0 Å². The van der Waals surface area contributed by atoms with Crippen molar-refractivity contribution in [3.63, 3.8) is 0 Å². The molecule has 1 saturated heterocycles. The Hall–Kier alpha value is -1.02. The van der Waals surface area contributed by atoms with Crippen molar-refractivity contribution in [2.45, 2.75) is 19.3 Å². The van der Waals surface area contributed by atoms with Crippen molar-refractivity contribution in [3.8, 4) is 0 Å². The maximum atomic E-state index is 3.89. The lowest BCUT2D eigenvalue weighted by atomic mass is 10.2. The van der Waals surface area contributed by atoms with E-state index in [1.807, 2.05) is 0 Å². The van der Waals surface area contributed by atoms with E-state index in [1.165, 1.54) is 38.2 Å². The number of nitrogens with zero attached hydrogens (tertiary/aromatic N) is 2. The van der Waals surface area contributed by atoms with Crippen LogP contribution in [0.2, 0.25) is 0 Å². The first-order valence-electron chi connectivity index (χ1n) is 6.72. The van der Waals surface area contributed by atoms with Crippen LogP contribution in [0.25, 0.3) is 0 Å². The molecule has 1 aromatic rings. The quantitative estimate of drug-likeness (QED) is 0.719. The topological polar surface area (TPSA) is 6.48 Å². The second-order valence-electron chi connectivity index (χ2n) is 4.72. The summed E-state index contributed by atoms with van der Waals surface area (Å²) in [6.07, 6.45) is 3.64. The first-order chi connectivity index (χ1) is 8.40. The second-order valence-corrected chi connectivity index (χ2v) is 4.72. The average molecular weight is 231 g/mol. The molecule has 2 heteroatoms. The molecule has 0 aromatic heterocycles. The van der Waals surface area contributed by atoms with Gasteiger partial charge >= 0.3 is 0 Å². The summed E-state index contributed by atoms with van der Waals surface area (Å²) in [7, 11) is 0. The van der Waals surface area contributed by atoms with Gasteiger partial charge in [0.25, 0.3) is 0 Å². The van der Waals surface area contributed by atoms with Crippen LogP contribution >= 0.6 is 0 Å². The summed E-state index contributed by atoms with van der Waals surface area (Å²) in [5, 5.41) is 0. The minimum Gasteiger partial charge on any atom is -0.369 e. The molecule has 17 heavy (non-hydrogen) atoms. The van der Waals surface area contributed by atoms with Gasteiger partial charge in [0.2, 0.25) is 0 Å². The van der Waals surface area contributed by atoms with E-state index in [0.29, 0.717) is 0 Å². The molecule has 0 amide bonds. The van der Waals surface area contributed by atoms with Gasteiger partial charge in [-0.2, -0.15) is 0 Å². The first kappa shape index (κ1) is 12.4. The second kappa shape index (κ2) is 6.65. The van der Waals surface area contributed by atoms with Crippen molar-refractivity contribution >= 4 is 5.69 Å². The predicted octanol–water partition coefficient (Wildman–Crippen LogP) is 2.81. The third-order valence-corrected chi connectivity index (χ3v) is 3.47. The van der Waals surface area contributed by atoms with Gasteiger partial charge in [0, 0.05) is 31.9 Å². The van der Waals surface area contributed by atoms with Gasteiger partial charge in [0.15, 0.2) is 0 Å². The molecule has 0 N–H and O–H groups in total. The summed E-state index contributed by atoms with van der Waals surface area (Å²) in [4.78, 5) is 5.06. The molecular formula is C15H23N2. The monoisotopic (exact) mass is 231 g/mol. The Labute approximate surface area is 105 Å². The lowest BCUT2D eigenvalue weighted by Gasteiger charge is -2.36. The molecule has 0 spiro atoms. The molecule has 1 fully saturated rings. The standard InChI is InChI=1S/C15H23N2/c1-2-3-7-10-16-11-13-17(14-12-16)15-8-5-4-6-9-15/h4-6,8-9H,1-3,7,10-14H2. The molecule has 0 saturated carbocycles. The minimum atomic E-state index is 1.07. The lowest BCUT2D eigenvalue weighted by molar-refractivity contribution is 0.253. The van der Waals surface area contributed by atoms with Gasteiger partial charge in [-0.05, 0) is 25.1 Å². The Morgan fingerprint density at radius 2 is 1.65 bits per heavy atom. The molecule has 2 rings (SSSR count). The highest BCUT2D eigenvalue weighted by Gasteiger charge is 2.16. The molecule has 1 radical (unpaired) electrons. The molecule has 0 bridgehead atoms. The van der Waals surface area contributed by atoms with Gasteiger partial charge < -0.3 is 4.90 Å². The molecule has 0 atom stereocenters. The summed E-state index contributed by atoms with van der Waals surface area (Å²) < 4.78 is 0. The largest absolute Gasteiger partial charge is 0.369 e. The molecule has 93 valence electrons. The van der Waals surface area contributed by atoms with E-state index in [2.05, 4.69) is 47.1 Å². The predicted molar refractivity (Wildman–Crippen MR) is 74.3 cm³/mol. The van der Waals surface area contributed by atoms with Crippen molar-refractivity contribution in [2.24, 2.45) is 0 Å². The molecule has 1 aliphatic rings. The smallest absolute Gasteiger partial charge is 0.0367 e. The number of hydrogen-bond acceptors (Lipinski definition) is 2. The maximum absolute atomic E-state index is 3.89. The number of benzene rings is 1. The number of rotatable bonds is 5. The van der Waals surface area contributed by atoms with Crippen molar-refractivity contribution in [1.29, 1.82) is 0 Å². The van der Waals surface area contributed by atoms with E-state index in [9.17, 15) is 0 Å². The summed E-state index contributed by atoms with van der Waals surface area (Å²) in [6, 6.07) is 10.7. The number of anilines is 1. The summed E-state index contributed by atoms with van der Waals surface area (Å²) in [6.45, 7) is 9.86. The Balaban J connectivity index is 1.74. The van der Waals surface area contributed by atoms with Crippen LogP contribution in [0.3, 0.4) is 0 Å². The molecule has 1 heterocycles. The van der Waals surface area contributed by atoms with Crippen molar-refractivity contribution in [3.05, 3.63) is 37.3 Å². The fourth-order valence-electron chi connectivity index (χ4n) is 2.38. The van der Waals surface area contributed by atoms with Crippen LogP contribution in [0.1, 0.15) is 19.3 Å². The van der Waals surface area contributed by atoms with Gasteiger partial charge in [-0.15, -0.1) is 0 Å². The van der Waals surface area contributed by atoms with E-state index >= 15 is 0 Å². The Morgan fingerprint density at radius 3 is 2.29 bits per heavy atom. The maximum Gasteiger partial charge on any atom is 0.0367 e. The Kier molecular flexibility index (Phi) is 4.87. The van der Waals surface area contributed by atoms with Crippen LogP contribution < -0.4 is 4.90 Å². The van der Waals surface area contributed by atoms with Crippen LogP contribution in [-0.4, -0.2) is 37.6 Å². The summed E-state index contributed by atoms with van der Waals surface area (Å²) in [5.41, 5.74) is 1.37. The van der Waals surface area contributed by atoms with Crippen LogP contribution in [0.5, 0.6) is 0 Å². The zero-order valence-corrected chi connectivity index (χ0v) is 10.6. The van der Waals surface area contributed by atoms with Crippen molar-refractivity contribution in [2.75, 3.05) is 37.6 Å². The molecule has 1 aliphatic heterocycles. The Bertz CT molecular complexity index is 302. The molecule has 0 aliphatic carbocycles. The number of piperazine rings is 1. The highest BCUT2D eigenvalue weighted by atomic mass is 15.3. The normalized spacial score (nSPS) is 17.4. The van der Waals surface area contributed by atoms with Crippen LogP contribution in [0.4, 0.5) is 5.69 Å². The molecule has 0 unspecified atom stereocenters. The van der Waals surface area contributed by atoms with E-state index in [-0.39, 0.29) is 0 Å². The third-order valence-electron chi connectivity index (χ3n) is 3.47. The zero-order chi connectivity index (χ0) is 11.9. The van der Waals surface area contributed by atoms with Gasteiger partial charge in [0.1, 0.15) is 0 Å². The van der Waals surface area contributed by atoms with Crippen molar-refractivity contribution < 1.29 is 0 Å². The highest BCUT2D eigenvalue weighted by Crippen LogP contribution is 2.15. The third kappa shape index (κ3) is 3.74. The average Bonchev–Trinajstić information content (AvgIpc) is 2.41. The molecule has 2 nitrogen and oxygen atoms in total. The van der Waals surface area contributed by atoms with Crippen molar-refractivity contribution in [1.82, 2.24) is 4.90 Å². The van der Waals surface area contributed by atoms with Gasteiger partial charge in [-0.3, -0.25) is 4.90 Å². The van der Waals surface area contributed by atoms with Crippen LogP contribution in [0, 0.1) is 6.92 Å².